The molecule has 1 aromatic heterocycles. The fourth-order valence-corrected chi connectivity index (χ4v) is 11.2. The fraction of sp³-hybridized carbons (Fsp3) is 0.500. The third kappa shape index (κ3) is 9.67. The van der Waals surface area contributed by atoms with E-state index < -0.39 is 20.0 Å². The molecule has 9 heteroatoms. The predicted molar refractivity (Wildman–Crippen MR) is 190 cm³/mol. The van der Waals surface area contributed by atoms with E-state index in [2.05, 4.69) is 96.3 Å². The van der Waals surface area contributed by atoms with Gasteiger partial charge in [0.1, 0.15) is 5.60 Å². The summed E-state index contributed by atoms with van der Waals surface area (Å²) >= 11 is 0. The Labute approximate surface area is 282 Å². The van der Waals surface area contributed by atoms with Gasteiger partial charge in [-0.25, -0.2) is 14.6 Å². The molecule has 1 fully saturated rings. The van der Waals surface area contributed by atoms with Crippen LogP contribution in [0.15, 0.2) is 78.8 Å². The molecule has 0 unspecified atom stereocenters. The molecule has 0 aliphatic heterocycles. The molecule has 3 aromatic rings. The Balaban J connectivity index is 1.43. The van der Waals surface area contributed by atoms with Crippen LogP contribution in [0.3, 0.4) is 0 Å². The summed E-state index contributed by atoms with van der Waals surface area (Å²) in [4.78, 5) is 29.4. The van der Waals surface area contributed by atoms with Crippen molar-refractivity contribution in [2.24, 2.45) is 0 Å². The minimum Gasteiger partial charge on any atom is -0.463 e. The van der Waals surface area contributed by atoms with Crippen molar-refractivity contribution in [1.82, 2.24) is 14.9 Å². The highest BCUT2D eigenvalue weighted by Crippen LogP contribution is 2.40. The molecule has 0 atom stereocenters. The summed E-state index contributed by atoms with van der Waals surface area (Å²) in [5.41, 5.74) is 0.693. The van der Waals surface area contributed by atoms with E-state index in [1.54, 1.807) is 13.0 Å². The first-order valence-corrected chi connectivity index (χ1v) is 18.9. The first-order chi connectivity index (χ1) is 22.3. The third-order valence-electron chi connectivity index (χ3n) is 8.60. The zero-order valence-electron chi connectivity index (χ0n) is 29.3. The summed E-state index contributed by atoms with van der Waals surface area (Å²) < 4.78 is 20.2. The molecule has 8 nitrogen and oxygen atoms in total. The number of ether oxygens (including phenoxy) is 2. The number of carbonyl (C=O) groups is 2. The Morgan fingerprint density at radius 3 is 2.06 bits per heavy atom. The van der Waals surface area contributed by atoms with Gasteiger partial charge in [-0.3, -0.25) is 0 Å². The monoisotopic (exact) mass is 659 g/mol. The molecule has 4 rings (SSSR count). The van der Waals surface area contributed by atoms with E-state index >= 15 is 0 Å². The second-order valence-corrected chi connectivity index (χ2v) is 18.6. The zero-order chi connectivity index (χ0) is 34.1. The number of nitrogens with one attached hydrogen (secondary N) is 1. The maximum Gasteiger partial charge on any atom is 0.407 e. The maximum absolute atomic E-state index is 12.7. The predicted octanol–water partition coefficient (Wildman–Crippen LogP) is 7.19. The van der Waals surface area contributed by atoms with Crippen LogP contribution < -0.4 is 15.7 Å². The van der Waals surface area contributed by atoms with Crippen LogP contribution >= 0.6 is 0 Å². The lowest BCUT2D eigenvalue weighted by Gasteiger charge is -2.46. The number of benzene rings is 2. The van der Waals surface area contributed by atoms with Crippen molar-refractivity contribution in [2.75, 3.05) is 13.2 Å². The summed E-state index contributed by atoms with van der Waals surface area (Å²) in [6, 6.07) is 22.0. The van der Waals surface area contributed by atoms with E-state index in [1.165, 1.54) is 10.4 Å². The number of aromatic nitrogens is 2. The van der Waals surface area contributed by atoms with E-state index in [1.807, 2.05) is 33.3 Å². The van der Waals surface area contributed by atoms with Gasteiger partial charge in [-0.1, -0.05) is 81.4 Å². The second kappa shape index (κ2) is 15.9. The van der Waals surface area contributed by atoms with Crippen LogP contribution in [0.4, 0.5) is 4.79 Å². The van der Waals surface area contributed by atoms with E-state index in [-0.39, 0.29) is 17.1 Å². The third-order valence-corrected chi connectivity index (χ3v) is 13.7. The van der Waals surface area contributed by atoms with Gasteiger partial charge in [-0.2, -0.15) is 0 Å². The lowest BCUT2D eigenvalue weighted by Crippen LogP contribution is -2.67. The maximum atomic E-state index is 12.7. The smallest absolute Gasteiger partial charge is 0.407 e. The van der Waals surface area contributed by atoms with Gasteiger partial charge in [0.15, 0.2) is 0 Å². The molecule has 1 heterocycles. The van der Waals surface area contributed by atoms with Crippen LogP contribution in [0.1, 0.15) is 98.7 Å². The SMILES string of the molecule is CCOC(=O)C(=Cc1cn(C2CCC(O[Si](c3ccccc3)(c3ccccc3)C(C)(C)C)CC2)cn1)CCCNC(=O)OC(C)(C)C. The number of hydrogen-bond donors (Lipinski definition) is 1. The number of carbonyl (C=O) groups excluding carboxylic acids is 2. The number of imidazole rings is 1. The normalized spacial score (nSPS) is 17.6. The van der Waals surface area contributed by atoms with Crippen LogP contribution in [-0.4, -0.2) is 54.8 Å². The first-order valence-electron chi connectivity index (χ1n) is 17.0. The van der Waals surface area contributed by atoms with Crippen molar-refractivity contribution in [1.29, 1.82) is 0 Å². The molecule has 2 aromatic carbocycles. The Bertz CT molecular complexity index is 1430. The molecule has 1 amide bonds. The molecule has 1 saturated carbocycles. The van der Waals surface area contributed by atoms with Crippen molar-refractivity contribution < 1.29 is 23.5 Å². The number of hydrogen-bond acceptors (Lipinski definition) is 6. The van der Waals surface area contributed by atoms with Crippen molar-refractivity contribution in [2.45, 2.75) is 110 Å². The van der Waals surface area contributed by atoms with E-state index in [0.29, 0.717) is 37.6 Å². The summed E-state index contributed by atoms with van der Waals surface area (Å²) in [5, 5.41) is 5.32. The molecule has 47 heavy (non-hydrogen) atoms. The average molecular weight is 660 g/mol. The highest BCUT2D eigenvalue weighted by Gasteiger charge is 2.51. The van der Waals surface area contributed by atoms with Gasteiger partial charge >= 0.3 is 12.1 Å². The van der Waals surface area contributed by atoms with E-state index in [4.69, 9.17) is 13.9 Å². The topological polar surface area (TPSA) is 91.7 Å². The number of amides is 1. The molecular weight excluding hydrogens is 607 g/mol. The van der Waals surface area contributed by atoms with Crippen molar-refractivity contribution in [3.05, 3.63) is 84.5 Å². The highest BCUT2D eigenvalue weighted by molar-refractivity contribution is 6.99. The number of nitrogens with zero attached hydrogens (tertiary/aromatic N) is 2. The average Bonchev–Trinajstić information content (AvgIpc) is 3.50. The van der Waals surface area contributed by atoms with Crippen LogP contribution in [0, 0.1) is 0 Å². The lowest BCUT2D eigenvalue weighted by atomic mass is 9.93. The Morgan fingerprint density at radius 2 is 1.53 bits per heavy atom. The minimum absolute atomic E-state index is 0.0550. The van der Waals surface area contributed by atoms with Crippen molar-refractivity contribution >= 4 is 36.8 Å². The van der Waals surface area contributed by atoms with Gasteiger partial charge in [0.2, 0.25) is 0 Å². The molecule has 1 aliphatic rings. The van der Waals surface area contributed by atoms with Gasteiger partial charge in [0.25, 0.3) is 8.32 Å². The summed E-state index contributed by atoms with van der Waals surface area (Å²) in [7, 11) is -2.60. The van der Waals surface area contributed by atoms with E-state index in [0.717, 1.165) is 31.4 Å². The van der Waals surface area contributed by atoms with Crippen LogP contribution in [0.5, 0.6) is 0 Å². The molecule has 0 bridgehead atoms. The van der Waals surface area contributed by atoms with Gasteiger partial charge in [0, 0.05) is 30.5 Å². The zero-order valence-corrected chi connectivity index (χ0v) is 30.3. The first kappa shape index (κ1) is 36.1. The van der Waals surface area contributed by atoms with Gasteiger partial charge < -0.3 is 23.8 Å². The van der Waals surface area contributed by atoms with Crippen molar-refractivity contribution in [3.63, 3.8) is 0 Å². The Morgan fingerprint density at radius 1 is 0.936 bits per heavy atom. The Kier molecular flexibility index (Phi) is 12.3. The van der Waals surface area contributed by atoms with Crippen LogP contribution in [0.25, 0.3) is 6.08 Å². The van der Waals surface area contributed by atoms with Crippen LogP contribution in [-0.2, 0) is 18.7 Å². The van der Waals surface area contributed by atoms with E-state index in [9.17, 15) is 9.59 Å². The molecule has 254 valence electrons. The fourth-order valence-electron chi connectivity index (χ4n) is 6.45. The summed E-state index contributed by atoms with van der Waals surface area (Å²) in [6.45, 7) is 14.9. The number of rotatable bonds is 12. The number of esters is 1. The lowest BCUT2D eigenvalue weighted by molar-refractivity contribution is -0.138. The standard InChI is InChI=1S/C38H53N3O5Si/c1-8-44-35(42)29(16-15-25-39-36(43)45-37(2,3)4)26-30-27-41(28-40-30)31-21-23-32(24-22-31)46-47(38(5,6)7,33-17-11-9-12-18-33)34-19-13-10-14-20-34/h9-14,17-20,26-28,31-32H,8,15-16,21-25H2,1-7H3,(H,39,43). The molecule has 1 N–H and O–H groups in total. The van der Waals surface area contributed by atoms with Crippen LogP contribution in [0.2, 0.25) is 5.04 Å². The Hall–Kier alpha value is -3.69. The molecule has 1 aliphatic carbocycles. The highest BCUT2D eigenvalue weighted by atomic mass is 28.4. The number of alkyl carbamates (subject to hydrolysis) is 1. The summed E-state index contributed by atoms with van der Waals surface area (Å²) in [6.07, 6.45) is 10.3. The van der Waals surface area contributed by atoms with Gasteiger partial charge in [-0.05, 0) is 87.7 Å². The molecule has 0 saturated heterocycles. The largest absolute Gasteiger partial charge is 0.463 e. The van der Waals surface area contributed by atoms with Gasteiger partial charge in [-0.15, -0.1) is 0 Å². The summed E-state index contributed by atoms with van der Waals surface area (Å²) in [5.74, 6) is -0.361. The molecule has 0 spiro atoms. The molecular formula is C38H53N3O5Si. The quantitative estimate of drug-likeness (QED) is 0.0958. The second-order valence-electron chi connectivity index (χ2n) is 14.4. The van der Waals surface area contributed by atoms with Gasteiger partial charge in [0.05, 0.1) is 18.6 Å². The molecule has 0 radical (unpaired) electrons. The minimum atomic E-state index is -2.60. The van der Waals surface area contributed by atoms with Crippen molar-refractivity contribution in [3.8, 4) is 0 Å².